The van der Waals surface area contributed by atoms with Gasteiger partial charge >= 0.3 is 0 Å². The van der Waals surface area contributed by atoms with Crippen molar-refractivity contribution >= 4 is 17.3 Å². The molecule has 0 spiro atoms. The maximum Gasteiger partial charge on any atom is 0.236 e. The van der Waals surface area contributed by atoms with Crippen LogP contribution in [0, 0.1) is 6.92 Å². The van der Waals surface area contributed by atoms with Gasteiger partial charge in [-0.1, -0.05) is 66.7 Å². The minimum absolute atomic E-state index is 0.0735. The molecule has 0 heterocycles. The molecule has 3 nitrogen and oxygen atoms in total. The highest BCUT2D eigenvalue weighted by Gasteiger charge is 2.22. The molecule has 0 aromatic heterocycles. The molecule has 120 valence electrons. The van der Waals surface area contributed by atoms with Crippen LogP contribution in [0.3, 0.4) is 0 Å². The van der Waals surface area contributed by atoms with E-state index in [1.165, 1.54) is 0 Å². The molecule has 3 aromatic rings. The number of nitrogens with one attached hydrogen (secondary N) is 1. The second kappa shape index (κ2) is 7.01. The quantitative estimate of drug-likeness (QED) is 0.703. The van der Waals surface area contributed by atoms with Crippen LogP contribution in [0.1, 0.15) is 22.6 Å². The van der Waals surface area contributed by atoms with E-state index in [9.17, 15) is 4.79 Å². The highest BCUT2D eigenvalue weighted by atomic mass is 16.1. The van der Waals surface area contributed by atoms with E-state index in [4.69, 9.17) is 5.73 Å². The van der Waals surface area contributed by atoms with Gasteiger partial charge in [-0.3, -0.25) is 4.79 Å². The summed E-state index contributed by atoms with van der Waals surface area (Å²) in [6, 6.07) is 25.1. The Morgan fingerprint density at radius 1 is 0.875 bits per heavy atom. The van der Waals surface area contributed by atoms with Crippen molar-refractivity contribution in [3.8, 4) is 0 Å². The normalized spacial score (nSPS) is 10.6. The highest BCUT2D eigenvalue weighted by molar-refractivity contribution is 5.98. The van der Waals surface area contributed by atoms with E-state index in [-0.39, 0.29) is 11.8 Å². The summed E-state index contributed by atoms with van der Waals surface area (Å²) in [4.78, 5) is 13.0. The molecular weight excluding hydrogens is 296 g/mol. The van der Waals surface area contributed by atoms with Gasteiger partial charge in [-0.25, -0.2) is 0 Å². The lowest BCUT2D eigenvalue weighted by Crippen LogP contribution is -2.22. The third-order valence-corrected chi connectivity index (χ3v) is 4.07. The number of carbonyl (C=O) groups excluding carboxylic acids is 1. The number of anilines is 2. The number of hydrogen-bond donors (Lipinski definition) is 2. The number of amides is 1. The van der Waals surface area contributed by atoms with Gasteiger partial charge in [0.15, 0.2) is 0 Å². The van der Waals surface area contributed by atoms with Gasteiger partial charge in [-0.2, -0.15) is 0 Å². The molecule has 0 saturated heterocycles. The summed E-state index contributed by atoms with van der Waals surface area (Å²) in [5.74, 6) is -0.439. The first-order valence-electron chi connectivity index (χ1n) is 7.92. The number of benzene rings is 3. The second-order valence-electron chi connectivity index (χ2n) is 5.81. The fraction of sp³-hybridized carbons (Fsp3) is 0.0952. The molecule has 0 aliphatic rings. The summed E-state index contributed by atoms with van der Waals surface area (Å²) in [7, 11) is 0. The largest absolute Gasteiger partial charge is 0.398 e. The van der Waals surface area contributed by atoms with Crippen molar-refractivity contribution in [3.63, 3.8) is 0 Å². The van der Waals surface area contributed by atoms with E-state index in [2.05, 4.69) is 5.32 Å². The average Bonchev–Trinajstić information content (AvgIpc) is 2.60. The van der Waals surface area contributed by atoms with Crippen molar-refractivity contribution in [3.05, 3.63) is 95.6 Å². The second-order valence-corrected chi connectivity index (χ2v) is 5.81. The molecule has 3 heteroatoms. The maximum atomic E-state index is 13.0. The Kier molecular flexibility index (Phi) is 4.62. The summed E-state index contributed by atoms with van der Waals surface area (Å²) >= 11 is 0. The summed E-state index contributed by atoms with van der Waals surface area (Å²) < 4.78 is 0. The Balaban J connectivity index is 1.93. The molecule has 0 radical (unpaired) electrons. The molecule has 0 fully saturated rings. The first-order chi connectivity index (χ1) is 11.6. The van der Waals surface area contributed by atoms with Gasteiger partial charge in [-0.05, 0) is 35.7 Å². The Labute approximate surface area is 142 Å². The van der Waals surface area contributed by atoms with Crippen molar-refractivity contribution in [2.24, 2.45) is 0 Å². The maximum absolute atomic E-state index is 13.0. The number of nitrogens with two attached hydrogens (primary N) is 1. The molecule has 0 aliphatic carbocycles. The third kappa shape index (κ3) is 3.46. The Bertz CT molecular complexity index is 789. The van der Waals surface area contributed by atoms with Crippen LogP contribution in [0.4, 0.5) is 11.4 Å². The van der Waals surface area contributed by atoms with E-state index in [0.29, 0.717) is 11.4 Å². The van der Waals surface area contributed by atoms with Gasteiger partial charge in [0.1, 0.15) is 0 Å². The molecule has 3 aromatic carbocycles. The Morgan fingerprint density at radius 2 is 1.42 bits per heavy atom. The van der Waals surface area contributed by atoms with Gasteiger partial charge < -0.3 is 11.1 Å². The number of carbonyl (C=O) groups is 1. The van der Waals surface area contributed by atoms with Crippen molar-refractivity contribution in [2.75, 3.05) is 11.1 Å². The van der Waals surface area contributed by atoms with Crippen molar-refractivity contribution in [1.82, 2.24) is 0 Å². The summed E-state index contributed by atoms with van der Waals surface area (Å²) in [6.07, 6.45) is 0. The van der Waals surface area contributed by atoms with Crippen LogP contribution in [-0.2, 0) is 4.79 Å². The van der Waals surface area contributed by atoms with Crippen LogP contribution in [0.2, 0.25) is 0 Å². The number of rotatable bonds is 4. The fourth-order valence-corrected chi connectivity index (χ4v) is 2.72. The highest BCUT2D eigenvalue weighted by Crippen LogP contribution is 2.27. The predicted octanol–water partition coefficient (Wildman–Crippen LogP) is 4.35. The minimum atomic E-state index is -0.366. The summed E-state index contributed by atoms with van der Waals surface area (Å²) in [5, 5.41) is 2.99. The van der Waals surface area contributed by atoms with E-state index in [1.54, 1.807) is 6.07 Å². The Hall–Kier alpha value is -3.07. The molecule has 3 rings (SSSR count). The number of aryl methyl sites for hydroxylation is 1. The van der Waals surface area contributed by atoms with Crippen LogP contribution in [0.25, 0.3) is 0 Å². The Morgan fingerprint density at radius 3 is 1.92 bits per heavy atom. The molecule has 3 N–H and O–H groups in total. The topological polar surface area (TPSA) is 55.1 Å². The lowest BCUT2D eigenvalue weighted by molar-refractivity contribution is -0.116. The molecule has 0 unspecified atom stereocenters. The van der Waals surface area contributed by atoms with E-state index >= 15 is 0 Å². The molecule has 0 atom stereocenters. The van der Waals surface area contributed by atoms with E-state index < -0.39 is 0 Å². The van der Waals surface area contributed by atoms with Gasteiger partial charge in [-0.15, -0.1) is 0 Å². The molecule has 0 aliphatic heterocycles. The van der Waals surface area contributed by atoms with Crippen molar-refractivity contribution < 1.29 is 4.79 Å². The lowest BCUT2D eigenvalue weighted by Gasteiger charge is -2.18. The van der Waals surface area contributed by atoms with Crippen molar-refractivity contribution in [2.45, 2.75) is 12.8 Å². The average molecular weight is 316 g/mol. The molecule has 0 bridgehead atoms. The van der Waals surface area contributed by atoms with Crippen molar-refractivity contribution in [1.29, 1.82) is 0 Å². The first-order valence-corrected chi connectivity index (χ1v) is 7.92. The number of hydrogen-bond acceptors (Lipinski definition) is 2. The fourth-order valence-electron chi connectivity index (χ4n) is 2.72. The first kappa shape index (κ1) is 15.8. The van der Waals surface area contributed by atoms with E-state index in [0.717, 1.165) is 16.7 Å². The van der Waals surface area contributed by atoms with Gasteiger partial charge in [0.25, 0.3) is 0 Å². The lowest BCUT2D eigenvalue weighted by atomic mass is 9.90. The molecule has 1 amide bonds. The van der Waals surface area contributed by atoms with Crippen LogP contribution in [-0.4, -0.2) is 5.91 Å². The summed E-state index contributed by atoms with van der Waals surface area (Å²) in [5.41, 5.74) is 10.2. The SMILES string of the molecule is Cc1ccc(NC(=O)C(c2ccccc2)c2ccccc2)cc1N. The zero-order valence-corrected chi connectivity index (χ0v) is 13.6. The zero-order valence-electron chi connectivity index (χ0n) is 13.6. The van der Waals surface area contributed by atoms with Crippen LogP contribution >= 0.6 is 0 Å². The summed E-state index contributed by atoms with van der Waals surface area (Å²) in [6.45, 7) is 1.94. The van der Waals surface area contributed by atoms with Crippen LogP contribution in [0.15, 0.2) is 78.9 Å². The third-order valence-electron chi connectivity index (χ3n) is 4.07. The molecule has 24 heavy (non-hydrogen) atoms. The van der Waals surface area contributed by atoms with Gasteiger partial charge in [0.05, 0.1) is 5.92 Å². The van der Waals surface area contributed by atoms with E-state index in [1.807, 2.05) is 79.7 Å². The van der Waals surface area contributed by atoms with Crippen LogP contribution in [0.5, 0.6) is 0 Å². The smallest absolute Gasteiger partial charge is 0.236 e. The van der Waals surface area contributed by atoms with Gasteiger partial charge in [0, 0.05) is 11.4 Å². The minimum Gasteiger partial charge on any atom is -0.398 e. The molecule has 0 saturated carbocycles. The van der Waals surface area contributed by atoms with Gasteiger partial charge in [0.2, 0.25) is 5.91 Å². The monoisotopic (exact) mass is 316 g/mol. The van der Waals surface area contributed by atoms with Crippen LogP contribution < -0.4 is 11.1 Å². The predicted molar refractivity (Wildman–Crippen MR) is 98.9 cm³/mol. The number of nitrogen functional groups attached to an aromatic ring is 1. The standard InChI is InChI=1S/C21H20N2O/c1-15-12-13-18(14-19(15)22)23-21(24)20(16-8-4-2-5-9-16)17-10-6-3-7-11-17/h2-14,20H,22H2,1H3,(H,23,24). The zero-order chi connectivity index (χ0) is 16.9. The molecular formula is C21H20N2O.